The third kappa shape index (κ3) is 3.22. The molecule has 1 atom stereocenters. The molecule has 0 saturated heterocycles. The second-order valence-electron chi connectivity index (χ2n) is 5.22. The molecule has 1 aliphatic rings. The summed E-state index contributed by atoms with van der Waals surface area (Å²) in [4.78, 5) is 4.43. The lowest BCUT2D eigenvalue weighted by Gasteiger charge is -2.26. The number of rotatable bonds is 3. The number of hydrogen-bond acceptors (Lipinski definition) is 3. The predicted molar refractivity (Wildman–Crippen MR) is 73.5 cm³/mol. The molecule has 0 aliphatic heterocycles. The molecule has 1 aromatic heterocycles. The highest BCUT2D eigenvalue weighted by atomic mass is 16.5. The van der Waals surface area contributed by atoms with Crippen LogP contribution in [-0.4, -0.2) is 12.1 Å². The van der Waals surface area contributed by atoms with Crippen LogP contribution in [0.15, 0.2) is 18.3 Å². The van der Waals surface area contributed by atoms with E-state index in [0.29, 0.717) is 5.92 Å². The molecule has 1 heterocycles. The quantitative estimate of drug-likeness (QED) is 0.891. The number of aromatic nitrogens is 1. The average molecular weight is 248 g/mol. The summed E-state index contributed by atoms with van der Waals surface area (Å²) in [5.41, 5.74) is 7.35. The van der Waals surface area contributed by atoms with Crippen molar-refractivity contribution in [2.24, 2.45) is 11.7 Å². The van der Waals surface area contributed by atoms with Crippen molar-refractivity contribution in [3.05, 3.63) is 24.0 Å². The van der Waals surface area contributed by atoms with Gasteiger partial charge in [0.05, 0.1) is 18.8 Å². The van der Waals surface area contributed by atoms with Crippen LogP contribution in [0.1, 0.15) is 56.7 Å². The Hall–Kier alpha value is -1.09. The number of ether oxygens (including phenoxy) is 1. The molecule has 2 N–H and O–H groups in total. The van der Waals surface area contributed by atoms with Crippen molar-refractivity contribution in [2.45, 2.75) is 51.0 Å². The van der Waals surface area contributed by atoms with Crippen LogP contribution in [0, 0.1) is 5.92 Å². The monoisotopic (exact) mass is 248 g/mol. The fourth-order valence-electron chi connectivity index (χ4n) is 2.90. The molecule has 3 heteroatoms. The highest BCUT2D eigenvalue weighted by molar-refractivity contribution is 5.29. The zero-order valence-corrected chi connectivity index (χ0v) is 11.3. The van der Waals surface area contributed by atoms with E-state index in [9.17, 15) is 0 Å². The number of pyridine rings is 1. The minimum absolute atomic E-state index is 0.0132. The first-order chi connectivity index (χ1) is 8.83. The van der Waals surface area contributed by atoms with Crippen molar-refractivity contribution in [3.8, 4) is 5.75 Å². The van der Waals surface area contributed by atoms with Gasteiger partial charge in [0.15, 0.2) is 0 Å². The molecule has 18 heavy (non-hydrogen) atoms. The first-order valence-corrected chi connectivity index (χ1v) is 7.07. The smallest absolute Gasteiger partial charge is 0.141 e. The normalized spacial score (nSPS) is 19.9. The zero-order chi connectivity index (χ0) is 12.8. The maximum Gasteiger partial charge on any atom is 0.141 e. The maximum absolute atomic E-state index is 6.42. The van der Waals surface area contributed by atoms with Gasteiger partial charge in [-0.2, -0.15) is 0 Å². The van der Waals surface area contributed by atoms with Crippen molar-refractivity contribution < 1.29 is 4.74 Å². The Morgan fingerprint density at radius 2 is 1.89 bits per heavy atom. The number of hydrogen-bond donors (Lipinski definition) is 1. The second-order valence-corrected chi connectivity index (χ2v) is 5.22. The summed E-state index contributed by atoms with van der Waals surface area (Å²) in [7, 11) is 1.69. The summed E-state index contributed by atoms with van der Waals surface area (Å²) in [5, 5.41) is 0. The zero-order valence-electron chi connectivity index (χ0n) is 11.3. The Morgan fingerprint density at radius 3 is 2.56 bits per heavy atom. The van der Waals surface area contributed by atoms with E-state index in [0.717, 1.165) is 11.4 Å². The van der Waals surface area contributed by atoms with Gasteiger partial charge in [0.2, 0.25) is 0 Å². The van der Waals surface area contributed by atoms with Crippen molar-refractivity contribution in [3.63, 3.8) is 0 Å². The van der Waals surface area contributed by atoms with E-state index in [-0.39, 0.29) is 6.04 Å². The van der Waals surface area contributed by atoms with E-state index in [1.165, 1.54) is 44.9 Å². The maximum atomic E-state index is 6.42. The van der Waals surface area contributed by atoms with Crippen molar-refractivity contribution in [2.75, 3.05) is 7.11 Å². The minimum Gasteiger partial charge on any atom is -0.495 e. The molecule has 1 saturated carbocycles. The summed E-state index contributed by atoms with van der Waals surface area (Å²) in [6.45, 7) is 0. The largest absolute Gasteiger partial charge is 0.495 e. The van der Waals surface area contributed by atoms with Gasteiger partial charge in [-0.05, 0) is 30.9 Å². The van der Waals surface area contributed by atoms with Crippen LogP contribution < -0.4 is 10.5 Å². The van der Waals surface area contributed by atoms with E-state index in [2.05, 4.69) is 4.98 Å². The Bertz CT molecular complexity index is 359. The Kier molecular flexibility index (Phi) is 5.00. The number of nitrogens with zero attached hydrogens (tertiary/aromatic N) is 1. The number of nitrogens with two attached hydrogens (primary N) is 1. The molecule has 3 nitrogen and oxygen atoms in total. The Labute approximate surface area is 110 Å². The molecular weight excluding hydrogens is 224 g/mol. The van der Waals surface area contributed by atoms with Crippen LogP contribution in [-0.2, 0) is 0 Å². The lowest BCUT2D eigenvalue weighted by atomic mass is 9.84. The van der Waals surface area contributed by atoms with Gasteiger partial charge in [0.25, 0.3) is 0 Å². The standard InChI is InChI=1S/C15H24N2O/c1-18-13-10-7-11-17-15(13)14(16)12-8-5-3-2-4-6-9-12/h7,10-12,14H,2-6,8-9,16H2,1H3. The Balaban J connectivity index is 2.10. The molecule has 1 unspecified atom stereocenters. The second kappa shape index (κ2) is 6.74. The SMILES string of the molecule is COc1cccnc1C(N)C1CCCCCCC1. The summed E-state index contributed by atoms with van der Waals surface area (Å²) < 4.78 is 5.37. The molecule has 0 radical (unpaired) electrons. The van der Waals surface area contributed by atoms with E-state index in [1.54, 1.807) is 13.3 Å². The number of methoxy groups -OCH3 is 1. The molecule has 0 aromatic carbocycles. The van der Waals surface area contributed by atoms with Gasteiger partial charge < -0.3 is 10.5 Å². The molecule has 100 valence electrons. The molecule has 0 bridgehead atoms. The lowest BCUT2D eigenvalue weighted by Crippen LogP contribution is -2.24. The van der Waals surface area contributed by atoms with Crippen LogP contribution in [0.3, 0.4) is 0 Å². The molecule has 1 aromatic rings. The van der Waals surface area contributed by atoms with E-state index in [1.807, 2.05) is 12.1 Å². The van der Waals surface area contributed by atoms with Crippen LogP contribution in [0.5, 0.6) is 5.75 Å². The summed E-state index contributed by atoms with van der Waals surface area (Å²) in [5.74, 6) is 1.38. The van der Waals surface area contributed by atoms with Gasteiger partial charge in [0.1, 0.15) is 5.75 Å². The molecule has 2 rings (SSSR count). The summed E-state index contributed by atoms with van der Waals surface area (Å²) >= 11 is 0. The van der Waals surface area contributed by atoms with Crippen LogP contribution in [0.4, 0.5) is 0 Å². The van der Waals surface area contributed by atoms with Gasteiger partial charge >= 0.3 is 0 Å². The predicted octanol–water partition coefficient (Wildman–Crippen LogP) is 3.45. The molecule has 0 amide bonds. The Morgan fingerprint density at radius 1 is 1.22 bits per heavy atom. The summed E-state index contributed by atoms with van der Waals surface area (Å²) in [6, 6.07) is 3.86. The first kappa shape index (κ1) is 13.3. The van der Waals surface area contributed by atoms with Crippen LogP contribution >= 0.6 is 0 Å². The third-order valence-corrected chi connectivity index (χ3v) is 3.99. The topological polar surface area (TPSA) is 48.1 Å². The van der Waals surface area contributed by atoms with Crippen LogP contribution in [0.25, 0.3) is 0 Å². The highest BCUT2D eigenvalue weighted by Crippen LogP contribution is 2.33. The third-order valence-electron chi connectivity index (χ3n) is 3.99. The van der Waals surface area contributed by atoms with E-state index in [4.69, 9.17) is 10.5 Å². The van der Waals surface area contributed by atoms with Crippen molar-refractivity contribution in [1.29, 1.82) is 0 Å². The van der Waals surface area contributed by atoms with Gasteiger partial charge in [-0.3, -0.25) is 4.98 Å². The summed E-state index contributed by atoms with van der Waals surface area (Å²) in [6.07, 6.45) is 10.9. The van der Waals surface area contributed by atoms with E-state index >= 15 is 0 Å². The lowest BCUT2D eigenvalue weighted by molar-refractivity contribution is 0.314. The van der Waals surface area contributed by atoms with Gasteiger partial charge in [-0.25, -0.2) is 0 Å². The van der Waals surface area contributed by atoms with E-state index < -0.39 is 0 Å². The highest BCUT2D eigenvalue weighted by Gasteiger charge is 2.23. The van der Waals surface area contributed by atoms with Crippen LogP contribution in [0.2, 0.25) is 0 Å². The first-order valence-electron chi connectivity index (χ1n) is 7.07. The molecule has 0 spiro atoms. The molecule has 1 aliphatic carbocycles. The molecule has 1 fully saturated rings. The average Bonchev–Trinajstić information content (AvgIpc) is 2.37. The fourth-order valence-corrected chi connectivity index (χ4v) is 2.90. The fraction of sp³-hybridized carbons (Fsp3) is 0.667. The van der Waals surface area contributed by atoms with Crippen molar-refractivity contribution in [1.82, 2.24) is 4.98 Å². The minimum atomic E-state index is 0.0132. The van der Waals surface area contributed by atoms with Gasteiger partial charge in [0, 0.05) is 6.20 Å². The van der Waals surface area contributed by atoms with Gasteiger partial charge in [-0.1, -0.05) is 32.1 Å². The van der Waals surface area contributed by atoms with Crippen molar-refractivity contribution >= 4 is 0 Å². The van der Waals surface area contributed by atoms with Gasteiger partial charge in [-0.15, -0.1) is 0 Å². The molecular formula is C15H24N2O.